The molecule has 0 unspecified atom stereocenters. The molecule has 26 heavy (non-hydrogen) atoms. The number of benzene rings is 2. The van der Waals surface area contributed by atoms with Crippen molar-refractivity contribution >= 4 is 17.3 Å². The molecule has 3 rings (SSSR count). The summed E-state index contributed by atoms with van der Waals surface area (Å²) in [6, 6.07) is 17.8. The molecule has 1 heterocycles. The van der Waals surface area contributed by atoms with E-state index >= 15 is 0 Å². The van der Waals surface area contributed by atoms with Crippen LogP contribution in [0.3, 0.4) is 0 Å². The fraction of sp³-hybridized carbons (Fsp3) is 0.182. The van der Waals surface area contributed by atoms with Crippen molar-refractivity contribution in [3.63, 3.8) is 0 Å². The van der Waals surface area contributed by atoms with Gasteiger partial charge in [-0.1, -0.05) is 42.5 Å². The lowest BCUT2D eigenvalue weighted by molar-refractivity contribution is 0.102. The van der Waals surface area contributed by atoms with Crippen molar-refractivity contribution in [3.05, 3.63) is 88.7 Å². The summed E-state index contributed by atoms with van der Waals surface area (Å²) in [5.41, 5.74) is 6.64. The van der Waals surface area contributed by atoms with Crippen molar-refractivity contribution in [3.8, 4) is 0 Å². The minimum Gasteiger partial charge on any atom is -0.381 e. The Morgan fingerprint density at radius 1 is 0.923 bits per heavy atom. The van der Waals surface area contributed by atoms with E-state index < -0.39 is 0 Å². The van der Waals surface area contributed by atoms with Crippen LogP contribution >= 0.6 is 0 Å². The summed E-state index contributed by atoms with van der Waals surface area (Å²) in [5.74, 6) is -0.207. The number of rotatable bonds is 5. The highest BCUT2D eigenvalue weighted by molar-refractivity contribution is 6.04. The molecule has 4 nitrogen and oxygen atoms in total. The number of amides is 1. The zero-order valence-electron chi connectivity index (χ0n) is 15.3. The molecule has 2 aromatic carbocycles. The van der Waals surface area contributed by atoms with E-state index in [4.69, 9.17) is 0 Å². The highest BCUT2D eigenvalue weighted by atomic mass is 16.1. The molecule has 0 fully saturated rings. The van der Waals surface area contributed by atoms with Crippen molar-refractivity contribution in [1.29, 1.82) is 0 Å². The van der Waals surface area contributed by atoms with Gasteiger partial charge in [0.25, 0.3) is 5.91 Å². The van der Waals surface area contributed by atoms with E-state index in [-0.39, 0.29) is 5.91 Å². The van der Waals surface area contributed by atoms with Gasteiger partial charge < -0.3 is 10.6 Å². The van der Waals surface area contributed by atoms with Crippen LogP contribution in [0, 0.1) is 20.8 Å². The van der Waals surface area contributed by atoms with Crippen molar-refractivity contribution < 1.29 is 4.79 Å². The number of hydrogen-bond acceptors (Lipinski definition) is 3. The number of aromatic nitrogens is 1. The second-order valence-corrected chi connectivity index (χ2v) is 6.43. The standard InChI is InChI=1S/C22H23N3O/c1-15-7-4-5-10-18(15)14-24-19-11-12-23-20(13-19)22(26)25-21-16(2)8-6-9-17(21)3/h4-13H,14H2,1-3H3,(H,23,24)(H,25,26). The van der Waals surface area contributed by atoms with Crippen LogP contribution in [-0.4, -0.2) is 10.9 Å². The van der Waals surface area contributed by atoms with Gasteiger partial charge in [0, 0.05) is 24.1 Å². The van der Waals surface area contributed by atoms with Crippen LogP contribution in [0.25, 0.3) is 0 Å². The third kappa shape index (κ3) is 4.09. The largest absolute Gasteiger partial charge is 0.381 e. The molecular weight excluding hydrogens is 322 g/mol. The second kappa shape index (κ2) is 7.83. The zero-order valence-corrected chi connectivity index (χ0v) is 15.3. The van der Waals surface area contributed by atoms with Crippen molar-refractivity contribution in [2.75, 3.05) is 10.6 Å². The molecule has 2 N–H and O–H groups in total. The first kappa shape index (κ1) is 17.7. The molecule has 0 bridgehead atoms. The van der Waals surface area contributed by atoms with Crippen LogP contribution in [0.15, 0.2) is 60.8 Å². The molecule has 3 aromatic rings. The van der Waals surface area contributed by atoms with E-state index in [1.165, 1.54) is 11.1 Å². The van der Waals surface area contributed by atoms with Gasteiger partial charge in [0.2, 0.25) is 0 Å². The Kier molecular flexibility index (Phi) is 5.32. The Hall–Kier alpha value is -3.14. The smallest absolute Gasteiger partial charge is 0.274 e. The minimum atomic E-state index is -0.207. The highest BCUT2D eigenvalue weighted by Gasteiger charge is 2.11. The van der Waals surface area contributed by atoms with E-state index in [9.17, 15) is 4.79 Å². The first-order valence-electron chi connectivity index (χ1n) is 8.66. The molecule has 0 atom stereocenters. The SMILES string of the molecule is Cc1ccccc1CNc1ccnc(C(=O)Nc2c(C)cccc2C)c1. The number of carbonyl (C=O) groups is 1. The van der Waals surface area contributed by atoms with Gasteiger partial charge in [-0.05, 0) is 55.2 Å². The zero-order chi connectivity index (χ0) is 18.5. The van der Waals surface area contributed by atoms with Crippen LogP contribution in [0.5, 0.6) is 0 Å². The van der Waals surface area contributed by atoms with Crippen LogP contribution in [0.2, 0.25) is 0 Å². The van der Waals surface area contributed by atoms with Crippen molar-refractivity contribution in [1.82, 2.24) is 4.98 Å². The number of nitrogens with zero attached hydrogens (tertiary/aromatic N) is 1. The Labute approximate surface area is 154 Å². The molecule has 1 aromatic heterocycles. The fourth-order valence-electron chi connectivity index (χ4n) is 2.86. The molecule has 0 aliphatic heterocycles. The Morgan fingerprint density at radius 2 is 1.62 bits per heavy atom. The number of aryl methyl sites for hydroxylation is 3. The monoisotopic (exact) mass is 345 g/mol. The molecule has 4 heteroatoms. The first-order chi connectivity index (χ1) is 12.5. The van der Waals surface area contributed by atoms with E-state index in [2.05, 4.69) is 34.7 Å². The summed E-state index contributed by atoms with van der Waals surface area (Å²) in [6.45, 7) is 6.76. The second-order valence-electron chi connectivity index (χ2n) is 6.43. The summed E-state index contributed by atoms with van der Waals surface area (Å²) < 4.78 is 0. The molecule has 0 aliphatic rings. The molecular formula is C22H23N3O. The summed E-state index contributed by atoms with van der Waals surface area (Å²) >= 11 is 0. The van der Waals surface area contributed by atoms with E-state index in [1.54, 1.807) is 12.3 Å². The van der Waals surface area contributed by atoms with Gasteiger partial charge in [-0.2, -0.15) is 0 Å². The lowest BCUT2D eigenvalue weighted by atomic mass is 10.1. The summed E-state index contributed by atoms with van der Waals surface area (Å²) in [5, 5.41) is 6.34. The number of nitrogens with one attached hydrogen (secondary N) is 2. The van der Waals surface area contributed by atoms with Gasteiger partial charge in [-0.25, -0.2) is 0 Å². The van der Waals surface area contributed by atoms with Crippen LogP contribution in [0.1, 0.15) is 32.7 Å². The Morgan fingerprint density at radius 3 is 2.35 bits per heavy atom. The van der Waals surface area contributed by atoms with Gasteiger partial charge in [0.05, 0.1) is 0 Å². The highest BCUT2D eigenvalue weighted by Crippen LogP contribution is 2.20. The number of hydrogen-bond donors (Lipinski definition) is 2. The van der Waals surface area contributed by atoms with E-state index in [1.807, 2.05) is 50.2 Å². The molecule has 132 valence electrons. The van der Waals surface area contributed by atoms with Crippen molar-refractivity contribution in [2.45, 2.75) is 27.3 Å². The number of para-hydroxylation sites is 1. The molecule has 0 saturated carbocycles. The number of pyridine rings is 1. The Bertz CT molecular complexity index is 914. The van der Waals surface area contributed by atoms with Crippen molar-refractivity contribution in [2.24, 2.45) is 0 Å². The third-order valence-corrected chi connectivity index (χ3v) is 4.46. The quantitative estimate of drug-likeness (QED) is 0.693. The topological polar surface area (TPSA) is 54.0 Å². The Balaban J connectivity index is 1.72. The first-order valence-corrected chi connectivity index (χ1v) is 8.66. The maximum absolute atomic E-state index is 12.6. The average molecular weight is 345 g/mol. The molecule has 0 aliphatic carbocycles. The van der Waals surface area contributed by atoms with Gasteiger partial charge in [0.15, 0.2) is 0 Å². The normalized spacial score (nSPS) is 10.4. The lowest BCUT2D eigenvalue weighted by Gasteiger charge is -2.12. The van der Waals surface area contributed by atoms with Gasteiger partial charge in [-0.3, -0.25) is 9.78 Å². The fourth-order valence-corrected chi connectivity index (χ4v) is 2.86. The number of anilines is 2. The maximum Gasteiger partial charge on any atom is 0.274 e. The predicted molar refractivity (Wildman–Crippen MR) is 107 cm³/mol. The minimum absolute atomic E-state index is 0.207. The number of carbonyl (C=O) groups excluding carboxylic acids is 1. The maximum atomic E-state index is 12.6. The summed E-state index contributed by atoms with van der Waals surface area (Å²) in [6.07, 6.45) is 1.65. The predicted octanol–water partition coefficient (Wildman–Crippen LogP) is 4.87. The van der Waals surface area contributed by atoms with Gasteiger partial charge >= 0.3 is 0 Å². The summed E-state index contributed by atoms with van der Waals surface area (Å²) in [4.78, 5) is 16.8. The van der Waals surface area contributed by atoms with Gasteiger partial charge in [0.1, 0.15) is 5.69 Å². The van der Waals surface area contributed by atoms with E-state index in [0.717, 1.165) is 22.5 Å². The van der Waals surface area contributed by atoms with Crippen LogP contribution < -0.4 is 10.6 Å². The third-order valence-electron chi connectivity index (χ3n) is 4.46. The molecule has 0 saturated heterocycles. The van der Waals surface area contributed by atoms with E-state index in [0.29, 0.717) is 12.2 Å². The lowest BCUT2D eigenvalue weighted by Crippen LogP contribution is -2.15. The average Bonchev–Trinajstić information content (AvgIpc) is 2.64. The van der Waals surface area contributed by atoms with Gasteiger partial charge in [-0.15, -0.1) is 0 Å². The summed E-state index contributed by atoms with van der Waals surface area (Å²) in [7, 11) is 0. The molecule has 0 spiro atoms. The van der Waals surface area contributed by atoms with Crippen LogP contribution in [0.4, 0.5) is 11.4 Å². The molecule has 1 amide bonds. The van der Waals surface area contributed by atoms with Crippen LogP contribution in [-0.2, 0) is 6.54 Å². The molecule has 0 radical (unpaired) electrons.